The zero-order valence-corrected chi connectivity index (χ0v) is 13.5. The van der Waals surface area contributed by atoms with Crippen molar-refractivity contribution in [3.63, 3.8) is 0 Å². The molecule has 114 valence electrons. The molecule has 0 spiro atoms. The van der Waals surface area contributed by atoms with Gasteiger partial charge in [-0.1, -0.05) is 41.7 Å². The predicted octanol–water partition coefficient (Wildman–Crippen LogP) is 4.35. The fourth-order valence-corrected chi connectivity index (χ4v) is 2.52. The molecule has 0 aliphatic rings. The number of hydrogen-bond acceptors (Lipinski definition) is 4. The normalized spacial score (nSPS) is 12.6. The molecule has 0 fully saturated rings. The van der Waals surface area contributed by atoms with Gasteiger partial charge >= 0.3 is 0 Å². The van der Waals surface area contributed by atoms with Gasteiger partial charge in [0, 0.05) is 12.0 Å². The largest absolute Gasteiger partial charge is 0.339 e. The molecule has 0 aliphatic carbocycles. The van der Waals surface area contributed by atoms with Crippen LogP contribution in [0.15, 0.2) is 22.7 Å². The third-order valence-corrected chi connectivity index (χ3v) is 4.30. The highest BCUT2D eigenvalue weighted by Gasteiger charge is 2.12. The van der Waals surface area contributed by atoms with Crippen LogP contribution in [0.3, 0.4) is 0 Å². The van der Waals surface area contributed by atoms with E-state index in [9.17, 15) is 0 Å². The number of nitrogens with two attached hydrogens (primary N) is 1. The maximum atomic E-state index is 6.00. The Morgan fingerprint density at radius 1 is 1.24 bits per heavy atom. The van der Waals surface area contributed by atoms with E-state index < -0.39 is 0 Å². The molecule has 2 aromatic rings. The van der Waals surface area contributed by atoms with Crippen LogP contribution < -0.4 is 5.73 Å². The van der Waals surface area contributed by atoms with E-state index in [1.165, 1.54) is 0 Å². The van der Waals surface area contributed by atoms with Crippen LogP contribution in [-0.2, 0) is 6.42 Å². The van der Waals surface area contributed by atoms with Gasteiger partial charge in [0.05, 0.1) is 10.0 Å². The maximum absolute atomic E-state index is 6.00. The summed E-state index contributed by atoms with van der Waals surface area (Å²) in [6.07, 6.45) is 3.93. The van der Waals surface area contributed by atoms with Gasteiger partial charge in [0.1, 0.15) is 0 Å². The highest BCUT2D eigenvalue weighted by molar-refractivity contribution is 6.42. The van der Waals surface area contributed by atoms with Crippen molar-refractivity contribution in [3.05, 3.63) is 34.1 Å². The minimum atomic E-state index is 0.481. The molecule has 0 amide bonds. The highest BCUT2D eigenvalue weighted by atomic mass is 35.5. The van der Waals surface area contributed by atoms with Gasteiger partial charge in [0.15, 0.2) is 0 Å². The Labute approximate surface area is 134 Å². The van der Waals surface area contributed by atoms with E-state index in [0.717, 1.165) is 37.8 Å². The van der Waals surface area contributed by atoms with Crippen molar-refractivity contribution in [3.8, 4) is 11.4 Å². The molecule has 1 atom stereocenters. The summed E-state index contributed by atoms with van der Waals surface area (Å²) in [5.74, 6) is 1.79. The summed E-state index contributed by atoms with van der Waals surface area (Å²) in [6.45, 7) is 2.89. The fourth-order valence-electron chi connectivity index (χ4n) is 2.22. The average molecular weight is 328 g/mol. The molecule has 4 nitrogen and oxygen atoms in total. The molecule has 0 bridgehead atoms. The highest BCUT2D eigenvalue weighted by Crippen LogP contribution is 2.27. The number of hydrogen-bond donors (Lipinski definition) is 1. The number of halogens is 2. The number of aromatic nitrogens is 2. The zero-order valence-electron chi connectivity index (χ0n) is 12.0. The van der Waals surface area contributed by atoms with E-state index >= 15 is 0 Å². The smallest absolute Gasteiger partial charge is 0.226 e. The van der Waals surface area contributed by atoms with Crippen LogP contribution in [0.25, 0.3) is 11.4 Å². The molecule has 1 unspecified atom stereocenters. The molecule has 2 rings (SSSR count). The Kier molecular flexibility index (Phi) is 6.03. The zero-order chi connectivity index (χ0) is 15.2. The predicted molar refractivity (Wildman–Crippen MR) is 85.5 cm³/mol. The summed E-state index contributed by atoms with van der Waals surface area (Å²) in [5, 5.41) is 4.99. The number of benzene rings is 1. The first-order valence-corrected chi connectivity index (χ1v) is 7.87. The van der Waals surface area contributed by atoms with Crippen molar-refractivity contribution < 1.29 is 4.52 Å². The molecule has 6 heteroatoms. The minimum Gasteiger partial charge on any atom is -0.339 e. The van der Waals surface area contributed by atoms with Gasteiger partial charge in [0.2, 0.25) is 11.7 Å². The first-order chi connectivity index (χ1) is 10.1. The van der Waals surface area contributed by atoms with Crippen molar-refractivity contribution in [2.75, 3.05) is 6.54 Å². The quantitative estimate of drug-likeness (QED) is 0.820. The van der Waals surface area contributed by atoms with Crippen LogP contribution in [0.2, 0.25) is 10.0 Å². The first-order valence-electron chi connectivity index (χ1n) is 7.12. The first kappa shape index (κ1) is 16.3. The Bertz CT molecular complexity index is 586. The average Bonchev–Trinajstić information content (AvgIpc) is 2.95. The van der Waals surface area contributed by atoms with Gasteiger partial charge in [-0.2, -0.15) is 4.98 Å². The van der Waals surface area contributed by atoms with Gasteiger partial charge in [-0.05, 0) is 43.5 Å². The van der Waals surface area contributed by atoms with Gasteiger partial charge in [-0.25, -0.2) is 0 Å². The van der Waals surface area contributed by atoms with Crippen molar-refractivity contribution in [2.45, 2.75) is 32.6 Å². The summed E-state index contributed by atoms with van der Waals surface area (Å²) in [7, 11) is 0. The Morgan fingerprint density at radius 2 is 2.05 bits per heavy atom. The Balaban J connectivity index is 2.02. The summed E-state index contributed by atoms with van der Waals surface area (Å²) in [4.78, 5) is 4.41. The lowest BCUT2D eigenvalue weighted by molar-refractivity contribution is 0.354. The van der Waals surface area contributed by atoms with E-state index in [0.29, 0.717) is 27.7 Å². The molecule has 1 aromatic carbocycles. The van der Waals surface area contributed by atoms with Crippen LogP contribution in [0.1, 0.15) is 32.1 Å². The summed E-state index contributed by atoms with van der Waals surface area (Å²) in [6, 6.07) is 5.29. The van der Waals surface area contributed by atoms with E-state index in [2.05, 4.69) is 17.1 Å². The third kappa shape index (κ3) is 4.43. The van der Waals surface area contributed by atoms with Crippen LogP contribution in [0.5, 0.6) is 0 Å². The maximum Gasteiger partial charge on any atom is 0.226 e. The van der Waals surface area contributed by atoms with Crippen molar-refractivity contribution in [1.29, 1.82) is 0 Å². The lowest BCUT2D eigenvalue weighted by Gasteiger charge is -2.11. The van der Waals surface area contributed by atoms with E-state index in [-0.39, 0.29) is 0 Å². The number of aryl methyl sites for hydroxylation is 1. The summed E-state index contributed by atoms with van der Waals surface area (Å²) in [5.41, 5.74) is 6.41. The van der Waals surface area contributed by atoms with Gasteiger partial charge < -0.3 is 10.3 Å². The molecule has 21 heavy (non-hydrogen) atoms. The lowest BCUT2D eigenvalue weighted by atomic mass is 9.97. The molecule has 0 aliphatic heterocycles. The van der Waals surface area contributed by atoms with Crippen molar-refractivity contribution in [1.82, 2.24) is 10.1 Å². The van der Waals surface area contributed by atoms with E-state index in [1.54, 1.807) is 12.1 Å². The second-order valence-electron chi connectivity index (χ2n) is 5.03. The number of rotatable bonds is 7. The standard InChI is InChI=1S/C15H19Cl2N3O/c1-2-10(7-8-18)3-6-14-19-15(20-21-14)11-4-5-12(16)13(17)9-11/h4-5,9-10H,2-3,6-8,18H2,1H3. The summed E-state index contributed by atoms with van der Waals surface area (Å²) >= 11 is 11.9. The molecule has 2 N–H and O–H groups in total. The topological polar surface area (TPSA) is 64.9 Å². The van der Waals surface area contributed by atoms with E-state index in [4.69, 9.17) is 33.5 Å². The molecule has 1 heterocycles. The Morgan fingerprint density at radius 3 is 2.71 bits per heavy atom. The van der Waals surface area contributed by atoms with Gasteiger partial charge in [0.25, 0.3) is 0 Å². The van der Waals surface area contributed by atoms with E-state index in [1.807, 2.05) is 6.07 Å². The second kappa shape index (κ2) is 7.78. The SMILES string of the molecule is CCC(CCN)CCc1nc(-c2ccc(Cl)c(Cl)c2)no1. The third-order valence-electron chi connectivity index (χ3n) is 3.56. The van der Waals surface area contributed by atoms with Crippen molar-refractivity contribution >= 4 is 23.2 Å². The molecule has 1 aromatic heterocycles. The molecular weight excluding hydrogens is 309 g/mol. The molecule has 0 radical (unpaired) electrons. The van der Waals surface area contributed by atoms with Gasteiger partial charge in [-0.15, -0.1) is 0 Å². The van der Waals surface area contributed by atoms with Crippen molar-refractivity contribution in [2.24, 2.45) is 11.7 Å². The lowest BCUT2D eigenvalue weighted by Crippen LogP contribution is -2.09. The molecule has 0 saturated heterocycles. The summed E-state index contributed by atoms with van der Waals surface area (Å²) < 4.78 is 5.29. The molecular formula is C15H19Cl2N3O. The van der Waals surface area contributed by atoms with Crippen LogP contribution in [0, 0.1) is 5.92 Å². The Hall–Kier alpha value is -1.10. The second-order valence-corrected chi connectivity index (χ2v) is 5.85. The minimum absolute atomic E-state index is 0.481. The monoisotopic (exact) mass is 327 g/mol. The van der Waals surface area contributed by atoms with Gasteiger partial charge in [-0.3, -0.25) is 0 Å². The van der Waals surface area contributed by atoms with Crippen LogP contribution >= 0.6 is 23.2 Å². The number of nitrogens with zero attached hydrogens (tertiary/aromatic N) is 2. The fraction of sp³-hybridized carbons (Fsp3) is 0.467. The molecule has 0 saturated carbocycles. The van der Waals surface area contributed by atoms with Crippen LogP contribution in [-0.4, -0.2) is 16.7 Å². The van der Waals surface area contributed by atoms with Crippen LogP contribution in [0.4, 0.5) is 0 Å².